The van der Waals surface area contributed by atoms with Gasteiger partial charge in [0.25, 0.3) is 0 Å². The number of aryl methyl sites for hydroxylation is 1. The zero-order valence-corrected chi connectivity index (χ0v) is 12.9. The number of nitrogens with zero attached hydrogens (tertiary/aromatic N) is 1. The van der Waals surface area contributed by atoms with Crippen LogP contribution in [0.5, 0.6) is 0 Å². The van der Waals surface area contributed by atoms with Crippen molar-refractivity contribution in [2.24, 2.45) is 11.1 Å². The van der Waals surface area contributed by atoms with Gasteiger partial charge in [-0.15, -0.1) is 0 Å². The summed E-state index contributed by atoms with van der Waals surface area (Å²) >= 11 is 0. The topological polar surface area (TPSA) is 46.3 Å². The first-order valence-corrected chi connectivity index (χ1v) is 7.57. The summed E-state index contributed by atoms with van der Waals surface area (Å²) in [6.07, 6.45) is 3.05. The molecule has 20 heavy (non-hydrogen) atoms. The molecule has 0 saturated heterocycles. The van der Waals surface area contributed by atoms with Gasteiger partial charge in [-0.05, 0) is 38.7 Å². The lowest BCUT2D eigenvalue weighted by Crippen LogP contribution is -2.46. The van der Waals surface area contributed by atoms with Crippen LogP contribution in [-0.4, -0.2) is 23.4 Å². The predicted octanol–water partition coefficient (Wildman–Crippen LogP) is 2.86. The minimum absolute atomic E-state index is 0.213. The van der Waals surface area contributed by atoms with Crippen molar-refractivity contribution in [3.8, 4) is 0 Å². The van der Waals surface area contributed by atoms with Crippen molar-refractivity contribution in [3.63, 3.8) is 0 Å². The van der Waals surface area contributed by atoms with Crippen LogP contribution < -0.4 is 5.73 Å². The molecule has 0 aromatic heterocycles. The lowest BCUT2D eigenvalue weighted by molar-refractivity contribution is -0.142. The SMILES string of the molecule is CCC(C)(CN)C(=O)N(Cc1ccc(C)cc1)C1CC1. The summed E-state index contributed by atoms with van der Waals surface area (Å²) in [4.78, 5) is 14.9. The summed E-state index contributed by atoms with van der Waals surface area (Å²) in [5.74, 6) is 0.213. The van der Waals surface area contributed by atoms with E-state index in [-0.39, 0.29) is 5.91 Å². The highest BCUT2D eigenvalue weighted by Crippen LogP contribution is 2.33. The van der Waals surface area contributed by atoms with Crippen molar-refractivity contribution in [2.75, 3.05) is 6.54 Å². The van der Waals surface area contributed by atoms with Crippen LogP contribution in [0.2, 0.25) is 0 Å². The van der Waals surface area contributed by atoms with E-state index in [0.29, 0.717) is 19.1 Å². The van der Waals surface area contributed by atoms with E-state index in [2.05, 4.69) is 31.2 Å². The summed E-state index contributed by atoms with van der Waals surface area (Å²) in [5, 5.41) is 0. The fourth-order valence-corrected chi connectivity index (χ4v) is 2.37. The molecule has 1 fully saturated rings. The van der Waals surface area contributed by atoms with Gasteiger partial charge in [-0.1, -0.05) is 36.8 Å². The molecule has 3 heteroatoms. The number of hydrogen-bond acceptors (Lipinski definition) is 2. The van der Waals surface area contributed by atoms with Crippen LogP contribution in [0.3, 0.4) is 0 Å². The van der Waals surface area contributed by atoms with Gasteiger partial charge in [-0.25, -0.2) is 0 Å². The van der Waals surface area contributed by atoms with Gasteiger partial charge in [0.05, 0.1) is 5.41 Å². The molecule has 2 N–H and O–H groups in total. The van der Waals surface area contributed by atoms with Crippen LogP contribution in [0.4, 0.5) is 0 Å². The Labute approximate surface area is 122 Å². The van der Waals surface area contributed by atoms with E-state index in [4.69, 9.17) is 5.73 Å². The quantitative estimate of drug-likeness (QED) is 0.867. The molecule has 0 radical (unpaired) electrons. The van der Waals surface area contributed by atoms with Crippen LogP contribution >= 0.6 is 0 Å². The van der Waals surface area contributed by atoms with Crippen molar-refractivity contribution >= 4 is 5.91 Å². The van der Waals surface area contributed by atoms with Gasteiger partial charge >= 0.3 is 0 Å². The Kier molecular flexibility index (Phi) is 4.48. The molecule has 1 saturated carbocycles. The molecule has 1 aromatic rings. The first kappa shape index (κ1) is 15.0. The zero-order valence-electron chi connectivity index (χ0n) is 12.9. The second-order valence-electron chi connectivity index (χ2n) is 6.27. The van der Waals surface area contributed by atoms with E-state index in [9.17, 15) is 4.79 Å². The summed E-state index contributed by atoms with van der Waals surface area (Å²) in [5.41, 5.74) is 7.87. The zero-order chi connectivity index (χ0) is 14.8. The van der Waals surface area contributed by atoms with Gasteiger partial charge in [0.1, 0.15) is 0 Å². The molecule has 0 spiro atoms. The van der Waals surface area contributed by atoms with E-state index in [1.165, 1.54) is 11.1 Å². The average molecular weight is 274 g/mol. The fourth-order valence-electron chi connectivity index (χ4n) is 2.37. The van der Waals surface area contributed by atoms with Gasteiger partial charge in [-0.2, -0.15) is 0 Å². The third-order valence-corrected chi connectivity index (χ3v) is 4.47. The molecule has 1 aliphatic rings. The Morgan fingerprint density at radius 1 is 1.35 bits per heavy atom. The summed E-state index contributed by atoms with van der Waals surface area (Å²) in [7, 11) is 0. The van der Waals surface area contributed by atoms with Crippen molar-refractivity contribution in [3.05, 3.63) is 35.4 Å². The van der Waals surface area contributed by atoms with Gasteiger partial charge in [0.15, 0.2) is 0 Å². The number of rotatable bonds is 6. The Morgan fingerprint density at radius 3 is 2.40 bits per heavy atom. The summed E-state index contributed by atoms with van der Waals surface area (Å²) in [6.45, 7) is 7.23. The fraction of sp³-hybridized carbons (Fsp3) is 0.588. The molecule has 0 bridgehead atoms. The number of carbonyl (C=O) groups is 1. The molecule has 2 rings (SSSR count). The minimum atomic E-state index is -0.423. The Morgan fingerprint density at radius 2 is 1.95 bits per heavy atom. The lowest BCUT2D eigenvalue weighted by atomic mass is 9.85. The van der Waals surface area contributed by atoms with Crippen LogP contribution in [0.1, 0.15) is 44.2 Å². The van der Waals surface area contributed by atoms with Gasteiger partial charge in [-0.3, -0.25) is 4.79 Å². The largest absolute Gasteiger partial charge is 0.335 e. The molecule has 1 aromatic carbocycles. The molecule has 3 nitrogen and oxygen atoms in total. The molecule has 1 unspecified atom stereocenters. The molecule has 0 aliphatic heterocycles. The Hall–Kier alpha value is -1.35. The first-order valence-electron chi connectivity index (χ1n) is 7.57. The summed E-state index contributed by atoms with van der Waals surface area (Å²) < 4.78 is 0. The van der Waals surface area contributed by atoms with E-state index >= 15 is 0 Å². The molecular formula is C17H26N2O. The smallest absolute Gasteiger partial charge is 0.230 e. The maximum Gasteiger partial charge on any atom is 0.230 e. The highest BCUT2D eigenvalue weighted by atomic mass is 16.2. The summed E-state index contributed by atoms with van der Waals surface area (Å²) in [6, 6.07) is 8.86. The molecule has 110 valence electrons. The van der Waals surface area contributed by atoms with Crippen molar-refractivity contribution in [2.45, 2.75) is 52.6 Å². The standard InChI is InChI=1S/C17H26N2O/c1-4-17(3,12-18)16(20)19(15-9-10-15)11-14-7-5-13(2)6-8-14/h5-8,15H,4,9-12,18H2,1-3H3. The second kappa shape index (κ2) is 5.96. The van der Waals surface area contributed by atoms with Crippen LogP contribution in [0.25, 0.3) is 0 Å². The number of amides is 1. The van der Waals surface area contributed by atoms with Crippen LogP contribution in [0.15, 0.2) is 24.3 Å². The average Bonchev–Trinajstić information content (AvgIpc) is 3.29. The van der Waals surface area contributed by atoms with Gasteiger partial charge in [0, 0.05) is 19.1 Å². The Bertz CT molecular complexity index is 458. The maximum absolute atomic E-state index is 12.8. The number of carbonyl (C=O) groups excluding carboxylic acids is 1. The van der Waals surface area contributed by atoms with E-state index in [1.807, 2.05) is 18.7 Å². The number of benzene rings is 1. The normalized spacial score (nSPS) is 17.6. The highest BCUT2D eigenvalue weighted by Gasteiger charge is 2.40. The molecule has 1 atom stereocenters. The van der Waals surface area contributed by atoms with Crippen LogP contribution in [0, 0.1) is 12.3 Å². The van der Waals surface area contributed by atoms with E-state index in [0.717, 1.165) is 19.3 Å². The van der Waals surface area contributed by atoms with Crippen LogP contribution in [-0.2, 0) is 11.3 Å². The first-order chi connectivity index (χ1) is 9.50. The molecular weight excluding hydrogens is 248 g/mol. The lowest BCUT2D eigenvalue weighted by Gasteiger charge is -2.33. The second-order valence-corrected chi connectivity index (χ2v) is 6.27. The third kappa shape index (κ3) is 3.21. The predicted molar refractivity (Wildman–Crippen MR) is 82.2 cm³/mol. The van der Waals surface area contributed by atoms with E-state index in [1.54, 1.807) is 0 Å². The number of hydrogen-bond donors (Lipinski definition) is 1. The van der Waals surface area contributed by atoms with Crippen molar-refractivity contribution < 1.29 is 4.79 Å². The highest BCUT2D eigenvalue weighted by molar-refractivity contribution is 5.83. The van der Waals surface area contributed by atoms with Crippen molar-refractivity contribution in [1.29, 1.82) is 0 Å². The van der Waals surface area contributed by atoms with Crippen molar-refractivity contribution in [1.82, 2.24) is 4.90 Å². The van der Waals surface area contributed by atoms with Gasteiger partial charge < -0.3 is 10.6 Å². The van der Waals surface area contributed by atoms with Gasteiger partial charge in [0.2, 0.25) is 5.91 Å². The molecule has 1 aliphatic carbocycles. The third-order valence-electron chi connectivity index (χ3n) is 4.47. The minimum Gasteiger partial charge on any atom is -0.335 e. The monoisotopic (exact) mass is 274 g/mol. The maximum atomic E-state index is 12.8. The van der Waals surface area contributed by atoms with E-state index < -0.39 is 5.41 Å². The molecule has 1 amide bonds. The number of nitrogens with two attached hydrogens (primary N) is 1. The Balaban J connectivity index is 2.15. The molecule has 0 heterocycles.